The molecule has 0 aliphatic heterocycles. The van der Waals surface area contributed by atoms with Crippen molar-refractivity contribution in [3.63, 3.8) is 0 Å². The highest BCUT2D eigenvalue weighted by Gasteiger charge is 2.10. The number of carbonyl (C=O) groups is 1. The monoisotopic (exact) mass is 355 g/mol. The molecule has 1 heterocycles. The molecule has 5 heteroatoms. The molecule has 0 saturated heterocycles. The summed E-state index contributed by atoms with van der Waals surface area (Å²) in [5.41, 5.74) is 3.88. The van der Waals surface area contributed by atoms with Crippen molar-refractivity contribution in [2.75, 3.05) is 18.0 Å². The maximum atomic E-state index is 12.4. The normalized spacial score (nSPS) is 10.6. The fourth-order valence-corrected chi connectivity index (χ4v) is 3.01. The largest absolute Gasteiger partial charge is 0.372 e. The molecule has 140 valence electrons. The van der Waals surface area contributed by atoms with Crippen LogP contribution in [0.15, 0.2) is 35.1 Å². The lowest BCUT2D eigenvalue weighted by molar-refractivity contribution is 0.0951. The second-order valence-corrected chi connectivity index (χ2v) is 6.61. The lowest BCUT2D eigenvalue weighted by Gasteiger charge is -2.23. The molecule has 0 unspecified atom stereocenters. The zero-order valence-corrected chi connectivity index (χ0v) is 16.2. The van der Waals surface area contributed by atoms with Gasteiger partial charge in [-0.25, -0.2) is 0 Å². The highest BCUT2D eigenvalue weighted by molar-refractivity contribution is 5.94. The van der Waals surface area contributed by atoms with E-state index in [2.05, 4.69) is 29.0 Å². The van der Waals surface area contributed by atoms with Gasteiger partial charge in [-0.3, -0.25) is 9.59 Å². The average Bonchev–Trinajstić information content (AvgIpc) is 2.61. The molecule has 0 radical (unpaired) electrons. The first kappa shape index (κ1) is 19.8. The van der Waals surface area contributed by atoms with E-state index in [4.69, 9.17) is 0 Å². The van der Waals surface area contributed by atoms with Gasteiger partial charge in [-0.2, -0.15) is 0 Å². The molecule has 5 nitrogen and oxygen atoms in total. The SMILES string of the molecule is CCCCN(CC)c1ccc(C(=O)NCc2c(C)cc(C)[nH]c2=O)cc1. The van der Waals surface area contributed by atoms with Crippen LogP contribution in [0.2, 0.25) is 0 Å². The van der Waals surface area contributed by atoms with Gasteiger partial charge in [0.2, 0.25) is 0 Å². The number of amides is 1. The molecule has 26 heavy (non-hydrogen) atoms. The van der Waals surface area contributed by atoms with E-state index in [1.54, 1.807) is 0 Å². The molecule has 0 aliphatic rings. The number of H-pyrrole nitrogens is 1. The number of aromatic nitrogens is 1. The van der Waals surface area contributed by atoms with Gasteiger partial charge in [0.05, 0.1) is 0 Å². The molecule has 0 bridgehead atoms. The van der Waals surface area contributed by atoms with Gasteiger partial charge in [0.1, 0.15) is 0 Å². The van der Waals surface area contributed by atoms with Crippen LogP contribution >= 0.6 is 0 Å². The molecular weight excluding hydrogens is 326 g/mol. The Balaban J connectivity index is 2.03. The average molecular weight is 355 g/mol. The number of anilines is 1. The van der Waals surface area contributed by atoms with Crippen LogP contribution in [0.3, 0.4) is 0 Å². The summed E-state index contributed by atoms with van der Waals surface area (Å²) in [5.74, 6) is -0.174. The summed E-state index contributed by atoms with van der Waals surface area (Å²) in [6.45, 7) is 10.2. The topological polar surface area (TPSA) is 65.2 Å². The van der Waals surface area contributed by atoms with Gasteiger partial charge in [-0.15, -0.1) is 0 Å². The molecule has 1 aromatic heterocycles. The predicted molar refractivity (Wildman–Crippen MR) is 107 cm³/mol. The van der Waals surface area contributed by atoms with Crippen molar-refractivity contribution < 1.29 is 4.79 Å². The first-order valence-corrected chi connectivity index (χ1v) is 9.28. The van der Waals surface area contributed by atoms with Crippen molar-refractivity contribution in [2.45, 2.75) is 47.1 Å². The minimum absolute atomic E-state index is 0.146. The van der Waals surface area contributed by atoms with Crippen LogP contribution in [0.1, 0.15) is 53.9 Å². The first-order chi connectivity index (χ1) is 12.5. The third-order valence-corrected chi connectivity index (χ3v) is 4.58. The third-order valence-electron chi connectivity index (χ3n) is 4.58. The lowest BCUT2D eigenvalue weighted by atomic mass is 10.1. The summed E-state index contributed by atoms with van der Waals surface area (Å²) in [7, 11) is 0. The van der Waals surface area contributed by atoms with Crippen LogP contribution < -0.4 is 15.8 Å². The van der Waals surface area contributed by atoms with Gasteiger partial charge in [0.25, 0.3) is 11.5 Å². The Morgan fingerprint density at radius 1 is 1.15 bits per heavy atom. The van der Waals surface area contributed by atoms with E-state index >= 15 is 0 Å². The molecule has 1 aromatic carbocycles. The Morgan fingerprint density at radius 3 is 2.42 bits per heavy atom. The number of aromatic amines is 1. The van der Waals surface area contributed by atoms with Gasteiger partial charge in [0, 0.05) is 42.1 Å². The van der Waals surface area contributed by atoms with Gasteiger partial charge in [-0.1, -0.05) is 13.3 Å². The van der Waals surface area contributed by atoms with E-state index in [0.29, 0.717) is 11.1 Å². The van der Waals surface area contributed by atoms with Crippen LogP contribution in [0.5, 0.6) is 0 Å². The highest BCUT2D eigenvalue weighted by Crippen LogP contribution is 2.16. The third kappa shape index (κ3) is 4.97. The van der Waals surface area contributed by atoms with Gasteiger partial charge in [0.15, 0.2) is 0 Å². The summed E-state index contributed by atoms with van der Waals surface area (Å²) in [5, 5.41) is 2.84. The van der Waals surface area contributed by atoms with Crippen molar-refractivity contribution in [3.05, 3.63) is 63.1 Å². The molecule has 2 N–H and O–H groups in total. The molecule has 1 amide bonds. The molecule has 2 rings (SSSR count). The van der Waals surface area contributed by atoms with E-state index in [9.17, 15) is 9.59 Å². The summed E-state index contributed by atoms with van der Waals surface area (Å²) in [6, 6.07) is 9.56. The summed E-state index contributed by atoms with van der Waals surface area (Å²) in [6.07, 6.45) is 2.31. The Kier molecular flexibility index (Phi) is 7.01. The number of nitrogens with one attached hydrogen (secondary N) is 2. The van der Waals surface area contributed by atoms with Crippen LogP contribution in [0.25, 0.3) is 0 Å². The predicted octanol–water partition coefficient (Wildman–Crippen LogP) is 3.55. The zero-order valence-electron chi connectivity index (χ0n) is 16.2. The molecule has 2 aromatic rings. The number of hydrogen-bond donors (Lipinski definition) is 2. The maximum absolute atomic E-state index is 12.4. The number of rotatable bonds is 8. The number of unbranched alkanes of at least 4 members (excludes halogenated alkanes) is 1. The summed E-state index contributed by atoms with van der Waals surface area (Å²) < 4.78 is 0. The van der Waals surface area contributed by atoms with Gasteiger partial charge in [-0.05, 0) is 63.1 Å². The van der Waals surface area contributed by atoms with Crippen LogP contribution in [0.4, 0.5) is 5.69 Å². The molecule has 0 saturated carbocycles. The summed E-state index contributed by atoms with van der Waals surface area (Å²) >= 11 is 0. The Bertz CT molecular complexity index is 794. The zero-order chi connectivity index (χ0) is 19.1. The van der Waals surface area contributed by atoms with E-state index in [-0.39, 0.29) is 18.0 Å². The first-order valence-electron chi connectivity index (χ1n) is 9.28. The number of benzene rings is 1. The molecule has 0 aliphatic carbocycles. The van der Waals surface area contributed by atoms with Crippen LogP contribution in [-0.2, 0) is 6.54 Å². The highest BCUT2D eigenvalue weighted by atomic mass is 16.1. The number of pyridine rings is 1. The van der Waals surface area contributed by atoms with Gasteiger partial charge < -0.3 is 15.2 Å². The van der Waals surface area contributed by atoms with E-state index in [1.165, 1.54) is 0 Å². The van der Waals surface area contributed by atoms with Crippen molar-refractivity contribution in [1.29, 1.82) is 0 Å². The minimum atomic E-state index is -0.174. The number of hydrogen-bond acceptors (Lipinski definition) is 3. The van der Waals surface area contributed by atoms with E-state index < -0.39 is 0 Å². The Morgan fingerprint density at radius 2 is 1.85 bits per heavy atom. The maximum Gasteiger partial charge on any atom is 0.253 e. The minimum Gasteiger partial charge on any atom is -0.372 e. The number of aryl methyl sites for hydroxylation is 2. The number of carbonyl (C=O) groups excluding carboxylic acids is 1. The second-order valence-electron chi connectivity index (χ2n) is 6.61. The number of nitrogens with zero attached hydrogens (tertiary/aromatic N) is 1. The fraction of sp³-hybridized carbons (Fsp3) is 0.429. The van der Waals surface area contributed by atoms with Crippen molar-refractivity contribution in [2.24, 2.45) is 0 Å². The van der Waals surface area contributed by atoms with Gasteiger partial charge >= 0.3 is 0 Å². The lowest BCUT2D eigenvalue weighted by Crippen LogP contribution is -2.28. The Hall–Kier alpha value is -2.56. The van der Waals surface area contributed by atoms with Crippen LogP contribution in [0, 0.1) is 13.8 Å². The quantitative estimate of drug-likeness (QED) is 0.761. The smallest absolute Gasteiger partial charge is 0.253 e. The van der Waals surface area contributed by atoms with Crippen molar-refractivity contribution in [3.8, 4) is 0 Å². The fourth-order valence-electron chi connectivity index (χ4n) is 3.01. The molecule has 0 atom stereocenters. The standard InChI is InChI=1S/C21H29N3O2/c1-5-7-12-24(6-2)18-10-8-17(9-11-18)20(25)22-14-19-15(3)13-16(4)23-21(19)26/h8-11,13H,5-7,12,14H2,1-4H3,(H,22,25)(H,23,26). The van der Waals surface area contributed by atoms with Crippen molar-refractivity contribution >= 4 is 11.6 Å². The summed E-state index contributed by atoms with van der Waals surface area (Å²) in [4.78, 5) is 29.5. The molecule has 0 spiro atoms. The van der Waals surface area contributed by atoms with Crippen LogP contribution in [-0.4, -0.2) is 24.0 Å². The second kappa shape index (κ2) is 9.22. The van der Waals surface area contributed by atoms with Crippen molar-refractivity contribution in [1.82, 2.24) is 10.3 Å². The van der Waals surface area contributed by atoms with E-state index in [0.717, 1.165) is 42.9 Å². The van der Waals surface area contributed by atoms with E-state index in [1.807, 2.05) is 44.2 Å². The molecule has 0 fully saturated rings. The Labute approximate surface area is 155 Å². The molecular formula is C21H29N3O2.